The number of aromatic nitrogens is 2. The van der Waals surface area contributed by atoms with Crippen molar-refractivity contribution in [1.29, 1.82) is 0 Å². The third-order valence-electron chi connectivity index (χ3n) is 3.02. The van der Waals surface area contributed by atoms with Crippen LogP contribution in [0.4, 0.5) is 4.39 Å². The molecule has 2 aromatic rings. The molecule has 1 aromatic heterocycles. The second kappa shape index (κ2) is 6.20. The Morgan fingerprint density at radius 3 is 2.62 bits per heavy atom. The van der Waals surface area contributed by atoms with Gasteiger partial charge in [0.05, 0.1) is 15.6 Å². The van der Waals surface area contributed by atoms with Gasteiger partial charge in [-0.2, -0.15) is 5.10 Å². The van der Waals surface area contributed by atoms with Crippen LogP contribution in [0.5, 0.6) is 0 Å². The molecule has 0 amide bonds. The predicted octanol–water partition coefficient (Wildman–Crippen LogP) is 3.91. The smallest absolute Gasteiger partial charge is 0.137 e. The van der Waals surface area contributed by atoms with E-state index in [1.165, 1.54) is 17.8 Å². The van der Waals surface area contributed by atoms with E-state index in [1.54, 1.807) is 10.7 Å². The lowest BCUT2D eigenvalue weighted by molar-refractivity contribution is 0.421. The number of rotatable bonds is 4. The van der Waals surface area contributed by atoms with E-state index in [0.717, 1.165) is 16.3 Å². The highest BCUT2D eigenvalue weighted by atomic mass is 32.2. The summed E-state index contributed by atoms with van der Waals surface area (Å²) in [6.07, 6.45) is 0. The van der Waals surface area contributed by atoms with Crippen molar-refractivity contribution in [1.82, 2.24) is 15.1 Å². The number of hydrogen-bond acceptors (Lipinski definition) is 3. The Morgan fingerprint density at radius 2 is 2.05 bits per heavy atom. The van der Waals surface area contributed by atoms with Crippen LogP contribution in [0.25, 0.3) is 0 Å². The van der Waals surface area contributed by atoms with E-state index < -0.39 is 0 Å². The van der Waals surface area contributed by atoms with Gasteiger partial charge in [0.2, 0.25) is 0 Å². The van der Waals surface area contributed by atoms with Crippen molar-refractivity contribution in [3.05, 3.63) is 41.3 Å². The van der Waals surface area contributed by atoms with Crippen molar-refractivity contribution in [3.8, 4) is 0 Å². The summed E-state index contributed by atoms with van der Waals surface area (Å²) in [5.74, 6) is -0.188. The fourth-order valence-electron chi connectivity index (χ4n) is 1.95. The van der Waals surface area contributed by atoms with Crippen LogP contribution in [0, 0.1) is 12.7 Å². The van der Waals surface area contributed by atoms with Crippen molar-refractivity contribution in [3.63, 3.8) is 0 Å². The van der Waals surface area contributed by atoms with Crippen LogP contribution >= 0.6 is 11.8 Å². The first kappa shape index (κ1) is 16.0. The van der Waals surface area contributed by atoms with Gasteiger partial charge < -0.3 is 5.32 Å². The Balaban J connectivity index is 2.27. The van der Waals surface area contributed by atoms with Crippen LogP contribution in [-0.4, -0.2) is 15.3 Å². The number of aryl methyl sites for hydroxylation is 2. The molecule has 0 saturated heterocycles. The molecular weight excluding hydrogens is 285 g/mol. The van der Waals surface area contributed by atoms with Crippen molar-refractivity contribution < 1.29 is 4.39 Å². The van der Waals surface area contributed by atoms with E-state index in [0.29, 0.717) is 11.4 Å². The molecular formula is C16H22FN3S. The zero-order valence-electron chi connectivity index (χ0n) is 13.2. The number of nitrogens with zero attached hydrogens (tertiary/aromatic N) is 2. The Morgan fingerprint density at radius 1 is 1.33 bits per heavy atom. The predicted molar refractivity (Wildman–Crippen MR) is 85.1 cm³/mol. The molecule has 0 bridgehead atoms. The summed E-state index contributed by atoms with van der Waals surface area (Å²) in [5, 5.41) is 8.66. The first-order valence-corrected chi connectivity index (χ1v) is 7.79. The summed E-state index contributed by atoms with van der Waals surface area (Å²) in [6, 6.07) is 7.20. The van der Waals surface area contributed by atoms with E-state index >= 15 is 0 Å². The lowest BCUT2D eigenvalue weighted by Crippen LogP contribution is -2.35. The number of benzene rings is 1. The standard InChI is InChI=1S/C16H22FN3S/c1-11-9-14(20(5)19-11)21-15-12(7-6-8-13(15)17)10-18-16(2,3)4/h6-9,18H,10H2,1-5H3. The molecule has 0 unspecified atom stereocenters. The summed E-state index contributed by atoms with van der Waals surface area (Å²) in [4.78, 5) is 0.664. The second-order valence-electron chi connectivity index (χ2n) is 6.18. The minimum atomic E-state index is -0.188. The van der Waals surface area contributed by atoms with Gasteiger partial charge in [-0.25, -0.2) is 4.39 Å². The van der Waals surface area contributed by atoms with Crippen molar-refractivity contribution in [2.75, 3.05) is 0 Å². The Hall–Kier alpha value is -1.33. The normalized spacial score (nSPS) is 11.9. The summed E-state index contributed by atoms with van der Waals surface area (Å²) in [6.45, 7) is 8.88. The van der Waals surface area contributed by atoms with Gasteiger partial charge in [-0.3, -0.25) is 4.68 Å². The van der Waals surface area contributed by atoms with Gasteiger partial charge in [0.15, 0.2) is 0 Å². The average Bonchev–Trinajstić information content (AvgIpc) is 2.67. The lowest BCUT2D eigenvalue weighted by atomic mass is 10.1. The van der Waals surface area contributed by atoms with Gasteiger partial charge in [-0.05, 0) is 45.4 Å². The first-order valence-electron chi connectivity index (χ1n) is 6.97. The third-order valence-corrected chi connectivity index (χ3v) is 4.28. The second-order valence-corrected chi connectivity index (χ2v) is 7.21. The van der Waals surface area contributed by atoms with E-state index in [-0.39, 0.29) is 11.4 Å². The molecule has 0 fully saturated rings. The monoisotopic (exact) mass is 307 g/mol. The SMILES string of the molecule is Cc1cc(Sc2c(F)cccc2CNC(C)(C)C)n(C)n1. The van der Waals surface area contributed by atoms with Gasteiger partial charge in [0.25, 0.3) is 0 Å². The van der Waals surface area contributed by atoms with E-state index in [4.69, 9.17) is 0 Å². The highest BCUT2D eigenvalue weighted by Gasteiger charge is 2.15. The van der Waals surface area contributed by atoms with Crippen molar-refractivity contribution >= 4 is 11.8 Å². The molecule has 2 rings (SSSR count). The average molecular weight is 307 g/mol. The summed E-state index contributed by atoms with van der Waals surface area (Å²) in [5.41, 5.74) is 1.90. The minimum absolute atomic E-state index is 0.00261. The number of nitrogens with one attached hydrogen (secondary N) is 1. The first-order chi connectivity index (χ1) is 9.76. The molecule has 5 heteroatoms. The molecule has 1 heterocycles. The third kappa shape index (κ3) is 4.32. The Kier molecular flexibility index (Phi) is 4.74. The summed E-state index contributed by atoms with van der Waals surface area (Å²) in [7, 11) is 1.88. The maximum Gasteiger partial charge on any atom is 0.137 e. The molecule has 0 atom stereocenters. The molecule has 21 heavy (non-hydrogen) atoms. The highest BCUT2D eigenvalue weighted by Crippen LogP contribution is 2.33. The Labute approximate surface area is 129 Å². The zero-order chi connectivity index (χ0) is 15.6. The molecule has 0 saturated carbocycles. The Bertz CT molecular complexity index is 629. The van der Waals surface area contributed by atoms with Gasteiger partial charge >= 0.3 is 0 Å². The van der Waals surface area contributed by atoms with E-state index in [2.05, 4.69) is 31.2 Å². The molecule has 0 aliphatic carbocycles. The fourth-order valence-corrected chi connectivity index (χ4v) is 3.00. The van der Waals surface area contributed by atoms with Crippen LogP contribution in [-0.2, 0) is 13.6 Å². The van der Waals surface area contributed by atoms with E-state index in [1.807, 2.05) is 26.1 Å². The quantitative estimate of drug-likeness (QED) is 0.929. The maximum absolute atomic E-state index is 14.2. The van der Waals surface area contributed by atoms with Gasteiger partial charge in [0.1, 0.15) is 5.82 Å². The van der Waals surface area contributed by atoms with Crippen LogP contribution < -0.4 is 5.32 Å². The molecule has 0 aliphatic rings. The largest absolute Gasteiger partial charge is 0.308 e. The van der Waals surface area contributed by atoms with Crippen molar-refractivity contribution in [2.45, 2.75) is 49.7 Å². The lowest BCUT2D eigenvalue weighted by Gasteiger charge is -2.21. The molecule has 1 aromatic carbocycles. The number of halogens is 1. The molecule has 0 spiro atoms. The van der Waals surface area contributed by atoms with Crippen LogP contribution in [0.15, 0.2) is 34.2 Å². The number of hydrogen-bond donors (Lipinski definition) is 1. The fraction of sp³-hybridized carbons (Fsp3) is 0.438. The molecule has 0 aliphatic heterocycles. The topological polar surface area (TPSA) is 29.9 Å². The maximum atomic E-state index is 14.2. The molecule has 1 N–H and O–H groups in total. The van der Waals surface area contributed by atoms with Gasteiger partial charge in [-0.1, -0.05) is 23.9 Å². The van der Waals surface area contributed by atoms with E-state index in [9.17, 15) is 4.39 Å². The zero-order valence-corrected chi connectivity index (χ0v) is 14.0. The highest BCUT2D eigenvalue weighted by molar-refractivity contribution is 7.99. The van der Waals surface area contributed by atoms with Crippen LogP contribution in [0.2, 0.25) is 0 Å². The molecule has 114 valence electrons. The van der Waals surface area contributed by atoms with Gasteiger partial charge in [-0.15, -0.1) is 0 Å². The minimum Gasteiger partial charge on any atom is -0.308 e. The summed E-state index contributed by atoms with van der Waals surface area (Å²) >= 11 is 1.42. The molecule has 3 nitrogen and oxygen atoms in total. The van der Waals surface area contributed by atoms with Crippen LogP contribution in [0.1, 0.15) is 32.0 Å². The van der Waals surface area contributed by atoms with Crippen LogP contribution in [0.3, 0.4) is 0 Å². The molecule has 0 radical (unpaired) electrons. The van der Waals surface area contributed by atoms with Crippen molar-refractivity contribution in [2.24, 2.45) is 7.05 Å². The van der Waals surface area contributed by atoms with Gasteiger partial charge in [0, 0.05) is 19.1 Å². The summed E-state index contributed by atoms with van der Waals surface area (Å²) < 4.78 is 16.0.